The number of rotatable bonds is 8. The number of aromatic nitrogens is 3. The van der Waals surface area contributed by atoms with Crippen molar-refractivity contribution in [1.82, 2.24) is 14.8 Å². The number of carbonyl (C=O) groups excluding carboxylic acids is 1. The van der Waals surface area contributed by atoms with E-state index in [-0.39, 0.29) is 18.3 Å². The van der Waals surface area contributed by atoms with Crippen molar-refractivity contribution in [3.05, 3.63) is 66.0 Å². The lowest BCUT2D eigenvalue weighted by Gasteiger charge is -2.11. The molecule has 0 saturated heterocycles. The molecule has 0 aliphatic heterocycles. The number of thioether (sulfide) groups is 1. The minimum atomic E-state index is -0.275. The number of esters is 1. The van der Waals surface area contributed by atoms with Crippen LogP contribution in [0.3, 0.4) is 0 Å². The van der Waals surface area contributed by atoms with Gasteiger partial charge in [0.1, 0.15) is 12.4 Å². The molecule has 2 aromatic carbocycles. The van der Waals surface area contributed by atoms with Crippen LogP contribution in [0, 0.1) is 6.92 Å². The first-order valence-corrected chi connectivity index (χ1v) is 9.63. The van der Waals surface area contributed by atoms with Crippen LogP contribution in [0.4, 0.5) is 0 Å². The van der Waals surface area contributed by atoms with Gasteiger partial charge in [-0.15, -0.1) is 10.2 Å². The van der Waals surface area contributed by atoms with E-state index in [2.05, 4.69) is 10.2 Å². The predicted molar refractivity (Wildman–Crippen MR) is 104 cm³/mol. The number of aryl methyl sites for hydroxylation is 1. The van der Waals surface area contributed by atoms with Gasteiger partial charge in [0.25, 0.3) is 0 Å². The molecule has 0 fully saturated rings. The zero-order valence-corrected chi connectivity index (χ0v) is 16.1. The Balaban J connectivity index is 1.83. The van der Waals surface area contributed by atoms with Gasteiger partial charge >= 0.3 is 5.97 Å². The lowest BCUT2D eigenvalue weighted by Crippen LogP contribution is -2.09. The van der Waals surface area contributed by atoms with Crippen molar-refractivity contribution in [2.24, 2.45) is 0 Å². The number of nitrogens with zero attached hydrogens (tertiary/aromatic N) is 3. The topological polar surface area (TPSA) is 66.2 Å². The van der Waals surface area contributed by atoms with Crippen molar-refractivity contribution in [3.8, 4) is 11.4 Å². The van der Waals surface area contributed by atoms with E-state index in [0.717, 1.165) is 17.0 Å². The van der Waals surface area contributed by atoms with Crippen molar-refractivity contribution in [2.45, 2.75) is 25.6 Å². The van der Waals surface area contributed by atoms with Gasteiger partial charge in [-0.25, -0.2) is 0 Å². The molecular weight excluding hydrogens is 362 g/mol. The van der Waals surface area contributed by atoms with E-state index in [9.17, 15) is 4.79 Å². The Labute approximate surface area is 162 Å². The van der Waals surface area contributed by atoms with Crippen LogP contribution in [-0.2, 0) is 16.1 Å². The third kappa shape index (κ3) is 5.10. The smallest absolute Gasteiger partial charge is 0.316 e. The van der Waals surface area contributed by atoms with Crippen LogP contribution < -0.4 is 4.74 Å². The van der Waals surface area contributed by atoms with Crippen LogP contribution in [0.25, 0.3) is 5.69 Å². The molecule has 0 radical (unpaired) electrons. The second-order valence-corrected chi connectivity index (χ2v) is 6.71. The van der Waals surface area contributed by atoms with Gasteiger partial charge in [-0.05, 0) is 38.1 Å². The summed E-state index contributed by atoms with van der Waals surface area (Å²) < 4.78 is 12.7. The van der Waals surface area contributed by atoms with Crippen molar-refractivity contribution in [3.63, 3.8) is 0 Å². The van der Waals surface area contributed by atoms with E-state index in [1.54, 1.807) is 6.92 Å². The highest BCUT2D eigenvalue weighted by molar-refractivity contribution is 7.99. The van der Waals surface area contributed by atoms with E-state index in [0.29, 0.717) is 17.6 Å². The van der Waals surface area contributed by atoms with Crippen LogP contribution in [0.15, 0.2) is 59.8 Å². The maximum atomic E-state index is 11.7. The molecule has 0 aliphatic rings. The Bertz CT molecular complexity index is 879. The van der Waals surface area contributed by atoms with Crippen LogP contribution in [-0.4, -0.2) is 33.1 Å². The Hall–Kier alpha value is -2.80. The zero-order valence-electron chi connectivity index (χ0n) is 15.3. The number of ether oxygens (including phenoxy) is 2. The van der Waals surface area contributed by atoms with Gasteiger partial charge in [0.05, 0.1) is 12.4 Å². The summed E-state index contributed by atoms with van der Waals surface area (Å²) in [5, 5.41) is 9.14. The fourth-order valence-electron chi connectivity index (χ4n) is 2.43. The number of hydrogen-bond acceptors (Lipinski definition) is 6. The first-order chi connectivity index (χ1) is 13.2. The lowest BCUT2D eigenvalue weighted by atomic mass is 10.2. The summed E-state index contributed by atoms with van der Waals surface area (Å²) in [4.78, 5) is 11.7. The van der Waals surface area contributed by atoms with Gasteiger partial charge in [-0.3, -0.25) is 9.36 Å². The summed E-state index contributed by atoms with van der Waals surface area (Å²) in [5.74, 6) is 1.32. The van der Waals surface area contributed by atoms with Crippen LogP contribution in [0.5, 0.6) is 5.75 Å². The Morgan fingerprint density at radius 2 is 1.81 bits per heavy atom. The van der Waals surface area contributed by atoms with E-state index in [1.807, 2.05) is 66.1 Å². The molecule has 3 rings (SSSR count). The monoisotopic (exact) mass is 383 g/mol. The standard InChI is InChI=1S/C20H21N3O3S/c1-3-25-19(24)14-27-20-22-21-18(13-26-17-7-5-4-6-8-17)23(20)16-11-9-15(2)10-12-16/h4-12H,3,13-14H2,1-2H3. The summed E-state index contributed by atoms with van der Waals surface area (Å²) >= 11 is 1.30. The van der Waals surface area contributed by atoms with Crippen LogP contribution in [0.1, 0.15) is 18.3 Å². The maximum absolute atomic E-state index is 11.7. The van der Waals surface area contributed by atoms with E-state index in [1.165, 1.54) is 11.8 Å². The molecule has 0 amide bonds. The first kappa shape index (κ1) is 19.0. The van der Waals surface area contributed by atoms with Gasteiger partial charge in [0, 0.05) is 5.69 Å². The van der Waals surface area contributed by atoms with Crippen molar-refractivity contribution >= 4 is 17.7 Å². The summed E-state index contributed by atoms with van der Waals surface area (Å²) in [6.45, 7) is 4.45. The Morgan fingerprint density at radius 3 is 2.52 bits per heavy atom. The Morgan fingerprint density at radius 1 is 1.07 bits per heavy atom. The minimum absolute atomic E-state index is 0.178. The summed E-state index contributed by atoms with van der Waals surface area (Å²) in [6, 6.07) is 17.6. The zero-order chi connectivity index (χ0) is 19.1. The molecule has 27 heavy (non-hydrogen) atoms. The van der Waals surface area contributed by atoms with Gasteiger partial charge in [-0.1, -0.05) is 47.7 Å². The highest BCUT2D eigenvalue weighted by Gasteiger charge is 2.16. The fraction of sp³-hybridized carbons (Fsp3) is 0.250. The second-order valence-electron chi connectivity index (χ2n) is 5.77. The molecule has 140 valence electrons. The predicted octanol–water partition coefficient (Wildman–Crippen LogP) is 3.81. The normalized spacial score (nSPS) is 10.6. The maximum Gasteiger partial charge on any atom is 0.316 e. The molecule has 0 bridgehead atoms. The van der Waals surface area contributed by atoms with E-state index in [4.69, 9.17) is 9.47 Å². The molecule has 0 unspecified atom stereocenters. The molecule has 6 nitrogen and oxygen atoms in total. The van der Waals surface area contributed by atoms with Gasteiger partial charge < -0.3 is 9.47 Å². The van der Waals surface area contributed by atoms with Crippen molar-refractivity contribution in [2.75, 3.05) is 12.4 Å². The molecule has 0 aliphatic carbocycles. The molecule has 0 saturated carbocycles. The molecule has 0 spiro atoms. The van der Waals surface area contributed by atoms with Gasteiger partial charge in [-0.2, -0.15) is 0 Å². The second kappa shape index (κ2) is 9.23. The average Bonchev–Trinajstić information content (AvgIpc) is 3.09. The molecule has 0 N–H and O–H groups in total. The fourth-order valence-corrected chi connectivity index (χ4v) is 3.20. The van der Waals surface area contributed by atoms with E-state index >= 15 is 0 Å². The molecule has 0 atom stereocenters. The summed E-state index contributed by atoms with van der Waals surface area (Å²) in [6.07, 6.45) is 0. The molecule has 1 heterocycles. The summed E-state index contributed by atoms with van der Waals surface area (Å²) in [7, 11) is 0. The highest BCUT2D eigenvalue weighted by Crippen LogP contribution is 2.23. The summed E-state index contributed by atoms with van der Waals surface area (Å²) in [5.41, 5.74) is 2.08. The third-order valence-electron chi connectivity index (χ3n) is 3.73. The Kier molecular flexibility index (Phi) is 6.49. The molecule has 3 aromatic rings. The highest BCUT2D eigenvalue weighted by atomic mass is 32.2. The SMILES string of the molecule is CCOC(=O)CSc1nnc(COc2ccccc2)n1-c1ccc(C)cc1. The van der Waals surface area contributed by atoms with Crippen molar-refractivity contribution < 1.29 is 14.3 Å². The molecule has 1 aromatic heterocycles. The number of benzene rings is 2. The number of hydrogen-bond donors (Lipinski definition) is 0. The molecule has 7 heteroatoms. The number of carbonyl (C=O) groups is 1. The van der Waals surface area contributed by atoms with Crippen LogP contribution in [0.2, 0.25) is 0 Å². The van der Waals surface area contributed by atoms with Gasteiger partial charge in [0.15, 0.2) is 11.0 Å². The third-order valence-corrected chi connectivity index (χ3v) is 4.63. The van der Waals surface area contributed by atoms with Gasteiger partial charge in [0.2, 0.25) is 0 Å². The minimum Gasteiger partial charge on any atom is -0.486 e. The lowest BCUT2D eigenvalue weighted by molar-refractivity contribution is -0.139. The quantitative estimate of drug-likeness (QED) is 0.435. The largest absolute Gasteiger partial charge is 0.486 e. The van der Waals surface area contributed by atoms with Crippen LogP contribution >= 0.6 is 11.8 Å². The average molecular weight is 383 g/mol. The van der Waals surface area contributed by atoms with Crippen molar-refractivity contribution in [1.29, 1.82) is 0 Å². The molecular formula is C20H21N3O3S. The first-order valence-electron chi connectivity index (χ1n) is 8.65. The number of para-hydroxylation sites is 1. The van der Waals surface area contributed by atoms with E-state index < -0.39 is 0 Å².